The summed E-state index contributed by atoms with van der Waals surface area (Å²) >= 11 is 0. The minimum absolute atomic E-state index is 0.0822. The lowest BCUT2D eigenvalue weighted by atomic mass is 10.0. The molecule has 4 N–H and O–H groups in total. The van der Waals surface area contributed by atoms with E-state index in [-0.39, 0.29) is 89.3 Å². The smallest absolute Gasteiger partial charge is 0.417 e. The lowest BCUT2D eigenvalue weighted by molar-refractivity contribution is -0.138. The third-order valence-electron chi connectivity index (χ3n) is 23.0. The maximum absolute atomic E-state index is 14.5. The molecule has 4 aromatic heterocycles. The van der Waals surface area contributed by atoms with Gasteiger partial charge in [0.25, 0.3) is 0 Å². The van der Waals surface area contributed by atoms with Crippen LogP contribution >= 0.6 is 0 Å². The third-order valence-corrected chi connectivity index (χ3v) is 30.5. The number of hydrogen-bond donors (Lipinski definition) is 4. The molecule has 12 aromatic carbocycles. The Morgan fingerprint density at radius 3 is 0.852 bits per heavy atom. The van der Waals surface area contributed by atoms with Gasteiger partial charge in [-0.1, -0.05) is 218 Å². The summed E-state index contributed by atoms with van der Waals surface area (Å²) in [5.41, 5.74) is 11.5. The van der Waals surface area contributed by atoms with Gasteiger partial charge in [-0.15, -0.1) is 0 Å². The number of sulfone groups is 4. The molecule has 0 spiro atoms. The number of hydrogen-bond acceptors (Lipinski definition) is 12. The lowest BCUT2D eigenvalue weighted by Gasteiger charge is -2.15. The Bertz CT molecular complexity index is 7570. The molecule has 16 aromatic rings. The molecular formula is C106H91F5N4O16S4. The highest BCUT2D eigenvalue weighted by molar-refractivity contribution is 7.92. The summed E-state index contributed by atoms with van der Waals surface area (Å²) in [6, 6.07) is 91.8. The zero-order valence-electron chi connectivity index (χ0n) is 73.5. The van der Waals surface area contributed by atoms with Crippen molar-refractivity contribution in [2.75, 3.05) is 0 Å². The highest BCUT2D eigenvalue weighted by Gasteiger charge is 2.36. The molecule has 0 fully saturated rings. The number of benzene rings is 12. The summed E-state index contributed by atoms with van der Waals surface area (Å²) < 4.78 is 182. The fourth-order valence-corrected chi connectivity index (χ4v) is 22.2. The van der Waals surface area contributed by atoms with Crippen LogP contribution in [0.4, 0.5) is 22.0 Å². The maximum atomic E-state index is 14.5. The van der Waals surface area contributed by atoms with Crippen molar-refractivity contribution in [1.82, 2.24) is 18.3 Å². The fourth-order valence-electron chi connectivity index (χ4n) is 16.2. The van der Waals surface area contributed by atoms with Crippen LogP contribution in [-0.4, -0.2) is 96.2 Å². The molecule has 690 valence electrons. The van der Waals surface area contributed by atoms with Crippen molar-refractivity contribution < 1.29 is 95.2 Å². The van der Waals surface area contributed by atoms with Gasteiger partial charge in [0.15, 0.2) is 0 Å². The summed E-state index contributed by atoms with van der Waals surface area (Å²) in [6.45, 7) is 7.71. The van der Waals surface area contributed by atoms with E-state index in [1.807, 2.05) is 56.3 Å². The molecule has 0 unspecified atom stereocenters. The van der Waals surface area contributed by atoms with E-state index in [2.05, 4.69) is 0 Å². The van der Waals surface area contributed by atoms with Crippen molar-refractivity contribution in [3.63, 3.8) is 0 Å². The van der Waals surface area contributed by atoms with E-state index in [0.717, 1.165) is 45.3 Å². The van der Waals surface area contributed by atoms with Crippen molar-refractivity contribution >= 4 is 63.2 Å². The van der Waals surface area contributed by atoms with Crippen LogP contribution in [0.5, 0.6) is 0 Å². The van der Waals surface area contributed by atoms with Gasteiger partial charge in [-0.25, -0.2) is 42.5 Å². The number of carbonyl (C=O) groups is 4. The van der Waals surface area contributed by atoms with E-state index >= 15 is 0 Å². The van der Waals surface area contributed by atoms with E-state index in [1.165, 1.54) is 65.2 Å². The highest BCUT2D eigenvalue weighted by Crippen LogP contribution is 2.42. The first-order valence-corrected chi connectivity index (χ1v) is 48.2. The number of aromatic nitrogens is 4. The first kappa shape index (κ1) is 97.6. The second kappa shape index (κ2) is 41.9. The van der Waals surface area contributed by atoms with Crippen LogP contribution in [0.3, 0.4) is 0 Å². The first-order valence-electron chi connectivity index (χ1n) is 42.2. The van der Waals surface area contributed by atoms with Gasteiger partial charge >= 0.3 is 30.1 Å². The van der Waals surface area contributed by atoms with E-state index in [9.17, 15) is 95.2 Å². The van der Waals surface area contributed by atoms with Crippen molar-refractivity contribution in [2.24, 2.45) is 0 Å². The Kier molecular flexibility index (Phi) is 30.3. The molecule has 0 atom stereocenters. The SMILES string of the molecule is Cc1c(Cc2ccccc2S(=O)(=O)c2ccccc2)cc(-c2cccc(F)c2)n1CC(=O)O.Cc1c(Cc2ccccc2S(=O)(=O)c2ccccc2)cc(-c2ccccc2C(F)(F)F)n1CC(=O)O.Cc1c(Cc2ccccc2S(=O)(=O)c2ccccc2)cc(-c2ccccc2F)n1CC(=O)O.Cc1ccc(-c2cc(Cc3ccccc3S(=O)(=O)c3ccccc3)c(C)n2CC(=O)O)cc1. The van der Waals surface area contributed by atoms with Gasteiger partial charge in [-0.2, -0.15) is 13.2 Å². The molecule has 0 saturated carbocycles. The van der Waals surface area contributed by atoms with Gasteiger partial charge in [0.2, 0.25) is 39.3 Å². The number of carboxylic acid groups (broad SMARTS) is 4. The molecule has 135 heavy (non-hydrogen) atoms. The van der Waals surface area contributed by atoms with Crippen molar-refractivity contribution in [2.45, 2.75) is 132 Å². The van der Waals surface area contributed by atoms with Gasteiger partial charge in [0, 0.05) is 82.2 Å². The summed E-state index contributed by atoms with van der Waals surface area (Å²) in [7, 11) is -15.0. The van der Waals surface area contributed by atoms with Crippen molar-refractivity contribution in [3.05, 3.63) is 430 Å². The fraction of sp³-hybridized carbons (Fsp3) is 0.132. The quantitative estimate of drug-likeness (QED) is 0.0331. The van der Waals surface area contributed by atoms with E-state index in [0.29, 0.717) is 73.8 Å². The first-order chi connectivity index (χ1) is 64.3. The normalized spacial score (nSPS) is 11.6. The van der Waals surface area contributed by atoms with Crippen LogP contribution in [0.25, 0.3) is 45.0 Å². The van der Waals surface area contributed by atoms with Gasteiger partial charge < -0.3 is 38.7 Å². The minimum Gasteiger partial charge on any atom is -0.480 e. The number of carboxylic acids is 4. The zero-order chi connectivity index (χ0) is 96.8. The summed E-state index contributed by atoms with van der Waals surface area (Å²) in [5, 5.41) is 37.8. The number of nitrogens with zero attached hydrogens (tertiary/aromatic N) is 4. The van der Waals surface area contributed by atoms with Crippen LogP contribution in [0.2, 0.25) is 0 Å². The molecule has 0 saturated heterocycles. The average Bonchev–Trinajstić information content (AvgIpc) is 1.60. The van der Waals surface area contributed by atoms with Gasteiger partial charge in [-0.3, -0.25) is 19.2 Å². The average molecular weight is 1900 g/mol. The maximum Gasteiger partial charge on any atom is 0.417 e. The molecule has 4 heterocycles. The minimum atomic E-state index is -4.64. The molecule has 0 aliphatic rings. The van der Waals surface area contributed by atoms with Crippen LogP contribution in [-0.2, 0) is 117 Å². The van der Waals surface area contributed by atoms with Crippen LogP contribution in [0.15, 0.2) is 379 Å². The molecular weight excluding hydrogens is 1810 g/mol. The molecule has 16 rings (SSSR count). The molecule has 0 aliphatic heterocycles. The predicted octanol–water partition coefficient (Wildman–Crippen LogP) is 21.5. The summed E-state index contributed by atoms with van der Waals surface area (Å²) in [5.74, 6) is -5.09. The van der Waals surface area contributed by atoms with E-state index in [1.54, 1.807) is 265 Å². The Morgan fingerprint density at radius 1 is 0.274 bits per heavy atom. The lowest BCUT2D eigenvalue weighted by Crippen LogP contribution is -2.13. The van der Waals surface area contributed by atoms with E-state index in [4.69, 9.17) is 0 Å². The van der Waals surface area contributed by atoms with Crippen LogP contribution < -0.4 is 0 Å². The third kappa shape index (κ3) is 22.5. The monoisotopic (exact) mass is 1900 g/mol. The molecule has 29 heteroatoms. The van der Waals surface area contributed by atoms with Crippen LogP contribution in [0, 0.1) is 46.3 Å². The Morgan fingerprint density at radius 2 is 0.541 bits per heavy atom. The number of halogens is 5. The second-order valence-corrected chi connectivity index (χ2v) is 39.5. The number of alkyl halides is 3. The molecule has 0 bridgehead atoms. The molecule has 0 amide bonds. The predicted molar refractivity (Wildman–Crippen MR) is 503 cm³/mol. The van der Waals surface area contributed by atoms with Crippen molar-refractivity contribution in [1.29, 1.82) is 0 Å². The molecule has 20 nitrogen and oxygen atoms in total. The van der Waals surface area contributed by atoms with Gasteiger partial charge in [-0.05, 0) is 212 Å². The van der Waals surface area contributed by atoms with Crippen molar-refractivity contribution in [3.8, 4) is 45.0 Å². The highest BCUT2D eigenvalue weighted by atomic mass is 32.2. The number of aliphatic carboxylic acids is 4. The topological polar surface area (TPSA) is 305 Å². The van der Waals surface area contributed by atoms with Gasteiger partial charge in [0.1, 0.15) is 37.8 Å². The largest absolute Gasteiger partial charge is 0.480 e. The Labute approximate surface area is 778 Å². The summed E-state index contributed by atoms with van der Waals surface area (Å²) in [4.78, 5) is 47.7. The Balaban J connectivity index is 0.000000153. The zero-order valence-corrected chi connectivity index (χ0v) is 76.8. The van der Waals surface area contributed by atoms with Crippen LogP contribution in [0.1, 0.15) is 78.4 Å². The second-order valence-electron chi connectivity index (χ2n) is 31.8. The summed E-state index contributed by atoms with van der Waals surface area (Å²) in [6.07, 6.45) is -3.65. The standard InChI is InChI=1S/C27H22F3NO4S.C27H25NO4S.2C26H22FNO4S/c1-18-20(15-19-9-5-8-14-25(19)36(34,35)21-10-3-2-4-11-21)16-24(31(18)17-26(32)33)22-12-6-7-13-23(22)27(28,29)30;1-19-12-14-21(15-13-19)25-17-23(20(2)28(25)18-27(29)30)16-22-8-6-7-11-26(22)33(31,32)24-9-4-3-5-10-24;1-18-20(16-24(28(18)17-26(29)30)22-12-6-7-13-23(22)27)15-19-9-5-8-14-25(19)33(31,32)21-10-3-2-4-11-21;1-18-21(16-24(28(18)17-26(29)30)19-9-7-10-22(27)15-19)14-20-8-5-6-13-25(20)33(31,32)23-11-3-2-4-12-23/h2-14,16H,15,17H2,1H3,(H,32,33);3-15,17H,16,18H2,1-2H3,(H,29,30);2-14,16H,15,17H2,1H3,(H,29,30);2-13,15-16H,14,17H2,1H3,(H,29,30). The number of rotatable bonds is 28. The Hall–Kier alpha value is -14.9. The van der Waals surface area contributed by atoms with E-state index < -0.39 is 93.1 Å². The molecule has 0 aliphatic carbocycles. The van der Waals surface area contributed by atoms with Gasteiger partial charge in [0.05, 0.1) is 50.4 Å². The molecule has 0 radical (unpaired) electrons. The number of aryl methyl sites for hydroxylation is 1.